The number of rotatable bonds is 8. The highest BCUT2D eigenvalue weighted by Crippen LogP contribution is 2.25. The number of carbonyl (C=O) groups is 1. The smallest absolute Gasteiger partial charge is 0.422 e. The van der Waals surface area contributed by atoms with Gasteiger partial charge in [0.05, 0.1) is 23.7 Å². The number of morpholine rings is 1. The summed E-state index contributed by atoms with van der Waals surface area (Å²) in [5.41, 5.74) is 0.858. The lowest BCUT2D eigenvalue weighted by molar-refractivity contribution is -0.153. The molecular weight excluding hydrogens is 475 g/mol. The van der Waals surface area contributed by atoms with E-state index in [0.717, 1.165) is 5.56 Å². The molecule has 0 atom stereocenters. The molecule has 0 bridgehead atoms. The minimum absolute atomic E-state index is 0.0732. The molecule has 1 saturated heterocycles. The maximum atomic E-state index is 12.7. The van der Waals surface area contributed by atoms with Gasteiger partial charge in [-0.15, -0.1) is 0 Å². The number of ether oxygens (including phenoxy) is 2. The van der Waals surface area contributed by atoms with E-state index in [9.17, 15) is 26.4 Å². The van der Waals surface area contributed by atoms with Crippen molar-refractivity contribution in [3.8, 4) is 11.8 Å². The van der Waals surface area contributed by atoms with Gasteiger partial charge in [0, 0.05) is 25.2 Å². The Labute approximate surface area is 194 Å². The molecule has 3 rings (SSSR count). The molecule has 2 aromatic rings. The fourth-order valence-corrected chi connectivity index (χ4v) is 4.63. The maximum Gasteiger partial charge on any atom is 0.422 e. The van der Waals surface area contributed by atoms with Gasteiger partial charge in [-0.05, 0) is 42.3 Å². The Morgan fingerprint density at radius 1 is 1.15 bits per heavy atom. The first-order chi connectivity index (χ1) is 16.1. The lowest BCUT2D eigenvalue weighted by Gasteiger charge is -2.26. The SMILES string of the molecule is N#Cc1cc(NC(=O)CCc2ccc(S(=O)(=O)N3CCOCC3)cc2)ccc1OCC(F)(F)F. The molecular formula is C22H22F3N3O5S. The highest BCUT2D eigenvalue weighted by Gasteiger charge is 2.29. The number of aryl methyl sites for hydroxylation is 1. The Hall–Kier alpha value is -3.14. The van der Waals surface area contributed by atoms with E-state index in [1.165, 1.54) is 34.6 Å². The maximum absolute atomic E-state index is 12.7. The molecule has 0 saturated carbocycles. The van der Waals surface area contributed by atoms with Crippen molar-refractivity contribution in [1.82, 2.24) is 4.31 Å². The van der Waals surface area contributed by atoms with Crippen LogP contribution in [0.25, 0.3) is 0 Å². The van der Waals surface area contributed by atoms with Gasteiger partial charge in [-0.2, -0.15) is 22.7 Å². The Morgan fingerprint density at radius 3 is 2.44 bits per heavy atom. The normalized spacial score (nSPS) is 14.9. The minimum Gasteiger partial charge on any atom is -0.483 e. The summed E-state index contributed by atoms with van der Waals surface area (Å²) >= 11 is 0. The Morgan fingerprint density at radius 2 is 1.82 bits per heavy atom. The van der Waals surface area contributed by atoms with E-state index in [2.05, 4.69) is 10.1 Å². The zero-order valence-corrected chi connectivity index (χ0v) is 18.8. The Bertz CT molecular complexity index is 1160. The molecule has 1 aliphatic heterocycles. The molecule has 8 nitrogen and oxygen atoms in total. The highest BCUT2D eigenvalue weighted by molar-refractivity contribution is 7.89. The average Bonchev–Trinajstić information content (AvgIpc) is 2.82. The average molecular weight is 497 g/mol. The molecule has 2 aromatic carbocycles. The summed E-state index contributed by atoms with van der Waals surface area (Å²) in [5.74, 6) is -0.609. The number of carbonyl (C=O) groups excluding carboxylic acids is 1. The predicted octanol–water partition coefficient (Wildman–Crippen LogP) is 3.09. The van der Waals surface area contributed by atoms with Gasteiger partial charge in [-0.3, -0.25) is 4.79 Å². The van der Waals surface area contributed by atoms with Crippen molar-refractivity contribution in [1.29, 1.82) is 5.26 Å². The summed E-state index contributed by atoms with van der Waals surface area (Å²) in [5, 5.41) is 11.7. The van der Waals surface area contributed by atoms with Gasteiger partial charge in [-0.25, -0.2) is 8.42 Å². The lowest BCUT2D eigenvalue weighted by atomic mass is 10.1. The lowest BCUT2D eigenvalue weighted by Crippen LogP contribution is -2.40. The van der Waals surface area contributed by atoms with Crippen LogP contribution in [0.3, 0.4) is 0 Å². The first kappa shape index (κ1) is 25.5. The Balaban J connectivity index is 1.55. The van der Waals surface area contributed by atoms with Gasteiger partial charge >= 0.3 is 6.18 Å². The van der Waals surface area contributed by atoms with E-state index >= 15 is 0 Å². The van der Waals surface area contributed by atoms with Crippen molar-refractivity contribution in [3.05, 3.63) is 53.6 Å². The molecule has 0 aliphatic carbocycles. The second-order valence-corrected chi connectivity index (χ2v) is 9.37. The van der Waals surface area contributed by atoms with Crippen LogP contribution in [0, 0.1) is 11.3 Å². The van der Waals surface area contributed by atoms with E-state index < -0.39 is 22.8 Å². The van der Waals surface area contributed by atoms with Crippen molar-refractivity contribution in [2.75, 3.05) is 38.2 Å². The van der Waals surface area contributed by atoms with Gasteiger partial charge in [0.25, 0.3) is 0 Å². The fraction of sp³-hybridized carbons (Fsp3) is 0.364. The van der Waals surface area contributed by atoms with E-state index in [-0.39, 0.29) is 34.2 Å². The van der Waals surface area contributed by atoms with Crippen LogP contribution >= 0.6 is 0 Å². The standard InChI is InChI=1S/C22H22F3N3O5S/c23-22(24,25)15-33-20-7-4-18(13-17(20)14-26)27-21(29)8-3-16-1-5-19(6-2-16)34(30,31)28-9-11-32-12-10-28/h1-2,4-7,13H,3,8-12,15H2,(H,27,29). The molecule has 0 unspecified atom stereocenters. The molecule has 1 fully saturated rings. The van der Waals surface area contributed by atoms with Crippen LogP contribution in [-0.4, -0.2) is 57.7 Å². The first-order valence-electron chi connectivity index (χ1n) is 10.3. The van der Waals surface area contributed by atoms with Gasteiger partial charge in [0.1, 0.15) is 11.8 Å². The van der Waals surface area contributed by atoms with Crippen LogP contribution in [0.4, 0.5) is 18.9 Å². The van der Waals surface area contributed by atoms with Gasteiger partial charge in [-0.1, -0.05) is 12.1 Å². The number of benzene rings is 2. The summed E-state index contributed by atoms with van der Waals surface area (Å²) < 4.78 is 73.4. The van der Waals surface area contributed by atoms with Crippen molar-refractivity contribution >= 4 is 21.6 Å². The third-order valence-corrected chi connectivity index (χ3v) is 6.86. The number of halogens is 3. The second-order valence-electron chi connectivity index (χ2n) is 7.44. The molecule has 1 aliphatic rings. The first-order valence-corrected chi connectivity index (χ1v) is 11.7. The molecule has 34 heavy (non-hydrogen) atoms. The van der Waals surface area contributed by atoms with Crippen LogP contribution in [0.1, 0.15) is 17.5 Å². The molecule has 1 heterocycles. The summed E-state index contributed by atoms with van der Waals surface area (Å²) in [6, 6.07) is 11.8. The van der Waals surface area contributed by atoms with E-state index in [0.29, 0.717) is 32.7 Å². The summed E-state index contributed by atoms with van der Waals surface area (Å²) in [6.07, 6.45) is -4.13. The van der Waals surface area contributed by atoms with Gasteiger partial charge < -0.3 is 14.8 Å². The van der Waals surface area contributed by atoms with Crippen LogP contribution < -0.4 is 10.1 Å². The minimum atomic E-state index is -4.54. The number of sulfonamides is 1. The highest BCUT2D eigenvalue weighted by atomic mass is 32.2. The van der Waals surface area contributed by atoms with Crippen molar-refractivity contribution < 1.29 is 35.9 Å². The molecule has 182 valence electrons. The largest absolute Gasteiger partial charge is 0.483 e. The predicted molar refractivity (Wildman–Crippen MR) is 116 cm³/mol. The molecule has 1 N–H and O–H groups in total. The quantitative estimate of drug-likeness (QED) is 0.601. The van der Waals surface area contributed by atoms with E-state index in [1.54, 1.807) is 18.2 Å². The topological polar surface area (TPSA) is 109 Å². The third-order valence-electron chi connectivity index (χ3n) is 4.95. The van der Waals surface area contributed by atoms with Crippen LogP contribution in [0.5, 0.6) is 5.75 Å². The van der Waals surface area contributed by atoms with Crippen molar-refractivity contribution in [2.24, 2.45) is 0 Å². The molecule has 12 heteroatoms. The second kappa shape index (κ2) is 10.9. The number of alkyl halides is 3. The van der Waals surface area contributed by atoms with Gasteiger partial charge in [0.2, 0.25) is 15.9 Å². The number of hydrogen-bond acceptors (Lipinski definition) is 6. The molecule has 1 amide bonds. The van der Waals surface area contributed by atoms with Crippen LogP contribution in [0.2, 0.25) is 0 Å². The number of nitriles is 1. The van der Waals surface area contributed by atoms with Gasteiger partial charge in [0.15, 0.2) is 6.61 Å². The summed E-state index contributed by atoms with van der Waals surface area (Å²) in [6.45, 7) is -0.225. The molecule has 0 radical (unpaired) electrons. The number of nitrogens with one attached hydrogen (secondary N) is 1. The third kappa shape index (κ3) is 6.93. The van der Waals surface area contributed by atoms with Crippen LogP contribution in [-0.2, 0) is 26.0 Å². The van der Waals surface area contributed by atoms with E-state index in [4.69, 9.17) is 10.00 Å². The Kier molecular flexibility index (Phi) is 8.14. The monoisotopic (exact) mass is 497 g/mol. The molecule has 0 aromatic heterocycles. The summed E-state index contributed by atoms with van der Waals surface area (Å²) in [4.78, 5) is 12.4. The van der Waals surface area contributed by atoms with Crippen molar-refractivity contribution in [3.63, 3.8) is 0 Å². The number of nitrogens with zero attached hydrogens (tertiary/aromatic N) is 2. The van der Waals surface area contributed by atoms with Crippen LogP contribution in [0.15, 0.2) is 47.4 Å². The number of anilines is 1. The number of hydrogen-bond donors (Lipinski definition) is 1. The van der Waals surface area contributed by atoms with Crippen molar-refractivity contribution in [2.45, 2.75) is 23.9 Å². The fourth-order valence-electron chi connectivity index (χ4n) is 3.23. The zero-order chi connectivity index (χ0) is 24.8. The summed E-state index contributed by atoms with van der Waals surface area (Å²) in [7, 11) is -3.60. The zero-order valence-electron chi connectivity index (χ0n) is 18.0. The number of amides is 1. The van der Waals surface area contributed by atoms with E-state index in [1.807, 2.05) is 0 Å². The molecule has 0 spiro atoms.